The van der Waals surface area contributed by atoms with Gasteiger partial charge in [0.15, 0.2) is 0 Å². The Bertz CT molecular complexity index is 372. The first-order chi connectivity index (χ1) is 7.81. The largest absolute Gasteiger partial charge is 0.345 e. The highest BCUT2D eigenvalue weighted by Crippen LogP contribution is 2.26. The summed E-state index contributed by atoms with van der Waals surface area (Å²) in [6, 6.07) is 0. The Hall–Kier alpha value is -0.560. The first-order valence-corrected chi connectivity index (χ1v) is 6.79. The standard InChI is InChI=1S/C11H17IN4/c1-2-3-4-5-15-16-7-9-10(12)6-13-11(9)14-8-16/h6,8,13,15H,2-5,7H2,1H3. The fourth-order valence-electron chi connectivity index (χ4n) is 1.72. The van der Waals surface area contributed by atoms with E-state index in [1.165, 1.54) is 28.4 Å². The Morgan fingerprint density at radius 2 is 2.44 bits per heavy atom. The number of hydrazine groups is 1. The zero-order valence-corrected chi connectivity index (χ0v) is 11.6. The molecule has 0 bridgehead atoms. The number of aliphatic imine (C=N–C) groups is 1. The van der Waals surface area contributed by atoms with Gasteiger partial charge in [-0.2, -0.15) is 0 Å². The van der Waals surface area contributed by atoms with Crippen molar-refractivity contribution in [3.63, 3.8) is 0 Å². The second-order valence-electron chi connectivity index (χ2n) is 3.95. The van der Waals surface area contributed by atoms with Crippen molar-refractivity contribution in [1.82, 2.24) is 15.4 Å². The van der Waals surface area contributed by atoms with Gasteiger partial charge in [0.2, 0.25) is 0 Å². The highest BCUT2D eigenvalue weighted by Gasteiger charge is 2.15. The van der Waals surface area contributed by atoms with Crippen LogP contribution in [0.15, 0.2) is 11.2 Å². The van der Waals surface area contributed by atoms with E-state index in [-0.39, 0.29) is 0 Å². The van der Waals surface area contributed by atoms with E-state index in [4.69, 9.17) is 0 Å². The van der Waals surface area contributed by atoms with Gasteiger partial charge in [0, 0.05) is 21.9 Å². The van der Waals surface area contributed by atoms with Crippen LogP contribution in [0, 0.1) is 3.57 Å². The number of fused-ring (bicyclic) bond motifs is 1. The Kier molecular flexibility index (Phi) is 4.22. The SMILES string of the molecule is CCCCCNN1C=Nc2[nH]cc(I)c2C1. The summed E-state index contributed by atoms with van der Waals surface area (Å²) in [5.74, 6) is 0.996. The van der Waals surface area contributed by atoms with Gasteiger partial charge in [-0.25, -0.2) is 10.4 Å². The highest BCUT2D eigenvalue weighted by molar-refractivity contribution is 14.1. The number of nitrogens with one attached hydrogen (secondary N) is 2. The van der Waals surface area contributed by atoms with E-state index >= 15 is 0 Å². The van der Waals surface area contributed by atoms with E-state index < -0.39 is 0 Å². The van der Waals surface area contributed by atoms with Gasteiger partial charge in [0.05, 0.1) is 6.54 Å². The second-order valence-corrected chi connectivity index (χ2v) is 5.11. The third kappa shape index (κ3) is 2.76. The number of nitrogens with zero attached hydrogens (tertiary/aromatic N) is 2. The van der Waals surface area contributed by atoms with Crippen LogP contribution in [0.5, 0.6) is 0 Å². The molecule has 0 aliphatic carbocycles. The summed E-state index contributed by atoms with van der Waals surface area (Å²) in [7, 11) is 0. The molecule has 2 rings (SSSR count). The average molecular weight is 332 g/mol. The van der Waals surface area contributed by atoms with E-state index in [0.29, 0.717) is 0 Å². The van der Waals surface area contributed by atoms with Gasteiger partial charge in [-0.05, 0) is 29.0 Å². The molecule has 0 saturated carbocycles. The van der Waals surface area contributed by atoms with Crippen LogP contribution >= 0.6 is 22.6 Å². The van der Waals surface area contributed by atoms with Gasteiger partial charge in [0.1, 0.15) is 12.2 Å². The second kappa shape index (κ2) is 5.67. The number of halogens is 1. The predicted molar refractivity (Wildman–Crippen MR) is 74.7 cm³/mol. The Balaban J connectivity index is 1.85. The van der Waals surface area contributed by atoms with Gasteiger partial charge >= 0.3 is 0 Å². The number of aromatic nitrogens is 1. The van der Waals surface area contributed by atoms with Gasteiger partial charge in [-0.15, -0.1) is 0 Å². The quantitative estimate of drug-likeness (QED) is 0.643. The van der Waals surface area contributed by atoms with Gasteiger partial charge < -0.3 is 4.98 Å². The molecule has 0 saturated heterocycles. The molecule has 2 N–H and O–H groups in total. The molecule has 0 radical (unpaired) electrons. The number of H-pyrrole nitrogens is 1. The zero-order chi connectivity index (χ0) is 11.4. The number of rotatable bonds is 5. The Morgan fingerprint density at radius 3 is 3.25 bits per heavy atom. The summed E-state index contributed by atoms with van der Waals surface area (Å²) < 4.78 is 1.25. The molecule has 0 unspecified atom stereocenters. The summed E-state index contributed by atoms with van der Waals surface area (Å²) in [5.41, 5.74) is 4.66. The lowest BCUT2D eigenvalue weighted by Crippen LogP contribution is -2.38. The molecule has 5 heteroatoms. The highest BCUT2D eigenvalue weighted by atomic mass is 127. The Labute approximate surface area is 110 Å². The number of hydrogen-bond acceptors (Lipinski definition) is 3. The van der Waals surface area contributed by atoms with E-state index in [2.05, 4.69) is 49.9 Å². The van der Waals surface area contributed by atoms with Crippen LogP contribution in [-0.2, 0) is 6.54 Å². The molecular weight excluding hydrogens is 315 g/mol. The van der Waals surface area contributed by atoms with Crippen molar-refractivity contribution in [2.45, 2.75) is 32.7 Å². The maximum absolute atomic E-state index is 4.37. The third-order valence-corrected chi connectivity index (χ3v) is 3.62. The molecule has 0 spiro atoms. The lowest BCUT2D eigenvalue weighted by atomic mass is 10.2. The molecule has 88 valence electrons. The van der Waals surface area contributed by atoms with Crippen LogP contribution in [-0.4, -0.2) is 22.9 Å². The minimum absolute atomic E-state index is 0.896. The molecular formula is C11H17IN4. The molecule has 2 heterocycles. The molecule has 0 atom stereocenters. The van der Waals surface area contributed by atoms with Crippen molar-refractivity contribution >= 4 is 34.7 Å². The van der Waals surface area contributed by atoms with Crippen molar-refractivity contribution < 1.29 is 0 Å². The molecule has 0 aromatic carbocycles. The van der Waals surface area contributed by atoms with Gasteiger partial charge in [0.25, 0.3) is 0 Å². The van der Waals surface area contributed by atoms with Crippen LogP contribution in [0.3, 0.4) is 0 Å². The lowest BCUT2D eigenvalue weighted by molar-refractivity contribution is 0.302. The first kappa shape index (κ1) is 11.9. The fraction of sp³-hybridized carbons (Fsp3) is 0.545. The van der Waals surface area contributed by atoms with Crippen LogP contribution in [0.1, 0.15) is 31.7 Å². The molecule has 1 aliphatic heterocycles. The fourth-order valence-corrected chi connectivity index (χ4v) is 2.30. The Morgan fingerprint density at radius 1 is 1.56 bits per heavy atom. The summed E-state index contributed by atoms with van der Waals surface area (Å²) in [4.78, 5) is 7.54. The van der Waals surface area contributed by atoms with Crippen molar-refractivity contribution in [1.29, 1.82) is 0 Å². The van der Waals surface area contributed by atoms with Gasteiger partial charge in [-0.3, -0.25) is 5.01 Å². The number of hydrogen-bond donors (Lipinski definition) is 2. The summed E-state index contributed by atoms with van der Waals surface area (Å²) in [6.45, 7) is 4.14. The number of aromatic amines is 1. The molecule has 4 nitrogen and oxygen atoms in total. The maximum atomic E-state index is 4.37. The topological polar surface area (TPSA) is 43.4 Å². The van der Waals surface area contributed by atoms with Crippen LogP contribution in [0.2, 0.25) is 0 Å². The van der Waals surface area contributed by atoms with Crippen molar-refractivity contribution in [2.24, 2.45) is 4.99 Å². The molecule has 1 aromatic rings. The molecule has 1 aliphatic rings. The van der Waals surface area contributed by atoms with Crippen LogP contribution < -0.4 is 5.43 Å². The predicted octanol–water partition coefficient (Wildman–Crippen LogP) is 2.79. The van der Waals surface area contributed by atoms with E-state index in [1.54, 1.807) is 0 Å². The summed E-state index contributed by atoms with van der Waals surface area (Å²) in [6.07, 6.45) is 7.63. The molecule has 0 amide bonds. The average Bonchev–Trinajstić information content (AvgIpc) is 2.67. The maximum Gasteiger partial charge on any atom is 0.137 e. The zero-order valence-electron chi connectivity index (χ0n) is 9.46. The summed E-state index contributed by atoms with van der Waals surface area (Å²) >= 11 is 2.34. The third-order valence-electron chi connectivity index (χ3n) is 2.66. The van der Waals surface area contributed by atoms with Gasteiger partial charge in [-0.1, -0.05) is 19.8 Å². The number of unbranched alkanes of at least 4 members (excludes halogenated alkanes) is 2. The van der Waals surface area contributed by atoms with E-state index in [9.17, 15) is 0 Å². The summed E-state index contributed by atoms with van der Waals surface area (Å²) in [5, 5.41) is 2.06. The van der Waals surface area contributed by atoms with Crippen molar-refractivity contribution in [3.05, 3.63) is 15.3 Å². The van der Waals surface area contributed by atoms with Crippen molar-refractivity contribution in [2.75, 3.05) is 6.54 Å². The van der Waals surface area contributed by atoms with Crippen LogP contribution in [0.25, 0.3) is 0 Å². The minimum Gasteiger partial charge on any atom is -0.345 e. The molecule has 0 fully saturated rings. The normalized spacial score (nSPS) is 14.2. The smallest absolute Gasteiger partial charge is 0.137 e. The lowest BCUT2D eigenvalue weighted by Gasteiger charge is -2.23. The van der Waals surface area contributed by atoms with E-state index in [0.717, 1.165) is 18.9 Å². The van der Waals surface area contributed by atoms with Crippen molar-refractivity contribution in [3.8, 4) is 0 Å². The first-order valence-electron chi connectivity index (χ1n) is 5.71. The monoisotopic (exact) mass is 332 g/mol. The minimum atomic E-state index is 0.896. The molecule has 16 heavy (non-hydrogen) atoms. The van der Waals surface area contributed by atoms with Crippen LogP contribution in [0.4, 0.5) is 5.82 Å². The molecule has 1 aromatic heterocycles. The van der Waals surface area contributed by atoms with E-state index in [1.807, 2.05) is 12.5 Å².